The van der Waals surface area contributed by atoms with Crippen molar-refractivity contribution in [1.82, 2.24) is 10.1 Å². The standard InChI is InChI=1S/C20H21ClN4O2/c1-14-3-6-16(21)13-18(14)24-9-11-25(12-10-24)20-22-19(23-27-20)15-4-7-17(26-2)8-5-15/h3-8,13H,9-12H2,1-2H3. The second-order valence-corrected chi connectivity index (χ2v) is 6.97. The maximum absolute atomic E-state index is 6.16. The Bertz CT molecular complexity index is 918. The minimum absolute atomic E-state index is 0.559. The third-order valence-electron chi connectivity index (χ3n) is 4.83. The van der Waals surface area contributed by atoms with Crippen molar-refractivity contribution in [3.63, 3.8) is 0 Å². The molecule has 0 amide bonds. The van der Waals surface area contributed by atoms with Gasteiger partial charge in [0.15, 0.2) is 0 Å². The van der Waals surface area contributed by atoms with Crippen LogP contribution >= 0.6 is 11.6 Å². The molecule has 2 heterocycles. The number of hydrogen-bond donors (Lipinski definition) is 0. The summed E-state index contributed by atoms with van der Waals surface area (Å²) >= 11 is 6.16. The minimum atomic E-state index is 0.559. The molecule has 0 unspecified atom stereocenters. The van der Waals surface area contributed by atoms with Crippen LogP contribution in [-0.4, -0.2) is 43.4 Å². The number of ether oxygens (including phenoxy) is 1. The fourth-order valence-corrected chi connectivity index (χ4v) is 3.43. The molecule has 0 atom stereocenters. The Morgan fingerprint density at radius 2 is 1.70 bits per heavy atom. The predicted octanol–water partition coefficient (Wildman–Crippen LogP) is 4.03. The topological polar surface area (TPSA) is 54.6 Å². The van der Waals surface area contributed by atoms with Gasteiger partial charge in [-0.05, 0) is 48.9 Å². The SMILES string of the molecule is COc1ccc(-c2noc(N3CCN(c4cc(Cl)ccc4C)CC3)n2)cc1. The van der Waals surface area contributed by atoms with E-state index >= 15 is 0 Å². The normalized spacial score (nSPS) is 14.5. The summed E-state index contributed by atoms with van der Waals surface area (Å²) in [6.07, 6.45) is 0. The zero-order valence-electron chi connectivity index (χ0n) is 15.4. The number of nitrogens with zero attached hydrogens (tertiary/aromatic N) is 4. The van der Waals surface area contributed by atoms with Crippen molar-refractivity contribution in [3.05, 3.63) is 53.1 Å². The van der Waals surface area contributed by atoms with Crippen LogP contribution in [0.3, 0.4) is 0 Å². The number of hydrogen-bond acceptors (Lipinski definition) is 6. The van der Waals surface area contributed by atoms with E-state index in [4.69, 9.17) is 20.9 Å². The van der Waals surface area contributed by atoms with Crippen molar-refractivity contribution in [2.75, 3.05) is 43.1 Å². The molecule has 6 nitrogen and oxygen atoms in total. The molecule has 4 rings (SSSR count). The van der Waals surface area contributed by atoms with Crippen LogP contribution in [0.15, 0.2) is 47.0 Å². The van der Waals surface area contributed by atoms with Crippen molar-refractivity contribution in [3.8, 4) is 17.1 Å². The molecule has 0 aliphatic carbocycles. The quantitative estimate of drug-likeness (QED) is 0.676. The lowest BCUT2D eigenvalue weighted by Crippen LogP contribution is -2.46. The first-order chi connectivity index (χ1) is 13.1. The van der Waals surface area contributed by atoms with Crippen molar-refractivity contribution >= 4 is 23.3 Å². The average Bonchev–Trinajstić information content (AvgIpc) is 3.20. The largest absolute Gasteiger partial charge is 0.497 e. The van der Waals surface area contributed by atoms with Crippen LogP contribution in [0.2, 0.25) is 5.02 Å². The highest BCUT2D eigenvalue weighted by Crippen LogP contribution is 2.27. The first-order valence-corrected chi connectivity index (χ1v) is 9.26. The predicted molar refractivity (Wildman–Crippen MR) is 107 cm³/mol. The summed E-state index contributed by atoms with van der Waals surface area (Å²) in [4.78, 5) is 9.02. The zero-order chi connectivity index (χ0) is 18.8. The van der Waals surface area contributed by atoms with Gasteiger partial charge in [0.1, 0.15) is 5.75 Å². The van der Waals surface area contributed by atoms with Gasteiger partial charge in [0, 0.05) is 42.5 Å². The number of piperazine rings is 1. The van der Waals surface area contributed by atoms with Gasteiger partial charge in [0.05, 0.1) is 7.11 Å². The van der Waals surface area contributed by atoms with E-state index in [0.29, 0.717) is 11.8 Å². The Balaban J connectivity index is 1.44. The van der Waals surface area contributed by atoms with Crippen molar-refractivity contribution in [1.29, 1.82) is 0 Å². The van der Waals surface area contributed by atoms with Crippen LogP contribution in [0, 0.1) is 6.92 Å². The lowest BCUT2D eigenvalue weighted by atomic mass is 10.1. The van der Waals surface area contributed by atoms with E-state index in [2.05, 4.69) is 32.9 Å². The van der Waals surface area contributed by atoms with E-state index in [1.54, 1.807) is 7.11 Å². The Kier molecular flexibility index (Phi) is 4.90. The van der Waals surface area contributed by atoms with Crippen LogP contribution in [0.4, 0.5) is 11.7 Å². The second kappa shape index (κ2) is 7.48. The number of methoxy groups -OCH3 is 1. The zero-order valence-corrected chi connectivity index (χ0v) is 16.1. The van der Waals surface area contributed by atoms with Crippen LogP contribution in [0.1, 0.15) is 5.56 Å². The van der Waals surface area contributed by atoms with Crippen molar-refractivity contribution in [2.45, 2.75) is 6.92 Å². The molecule has 1 saturated heterocycles. The van der Waals surface area contributed by atoms with E-state index in [1.165, 1.54) is 11.3 Å². The van der Waals surface area contributed by atoms with E-state index in [0.717, 1.165) is 42.5 Å². The van der Waals surface area contributed by atoms with Crippen LogP contribution in [-0.2, 0) is 0 Å². The second-order valence-electron chi connectivity index (χ2n) is 6.53. The average molecular weight is 385 g/mol. The van der Waals surface area contributed by atoms with Gasteiger partial charge >= 0.3 is 6.01 Å². The van der Waals surface area contributed by atoms with Gasteiger partial charge in [0.25, 0.3) is 0 Å². The molecule has 1 aliphatic heterocycles. The summed E-state index contributed by atoms with van der Waals surface area (Å²) in [5.41, 5.74) is 3.32. The first kappa shape index (κ1) is 17.7. The van der Waals surface area contributed by atoms with Gasteiger partial charge in [-0.15, -0.1) is 0 Å². The lowest BCUT2D eigenvalue weighted by molar-refractivity contribution is 0.409. The highest BCUT2D eigenvalue weighted by Gasteiger charge is 2.23. The van der Waals surface area contributed by atoms with E-state index in [9.17, 15) is 0 Å². The molecule has 0 spiro atoms. The molecule has 1 aromatic heterocycles. The molecule has 0 bridgehead atoms. The fourth-order valence-electron chi connectivity index (χ4n) is 3.26. The van der Waals surface area contributed by atoms with Crippen LogP contribution in [0.5, 0.6) is 5.75 Å². The number of benzene rings is 2. The van der Waals surface area contributed by atoms with Crippen LogP contribution in [0.25, 0.3) is 11.4 Å². The highest BCUT2D eigenvalue weighted by molar-refractivity contribution is 6.30. The first-order valence-electron chi connectivity index (χ1n) is 8.88. The lowest BCUT2D eigenvalue weighted by Gasteiger charge is -2.35. The maximum Gasteiger partial charge on any atom is 0.324 e. The minimum Gasteiger partial charge on any atom is -0.497 e. The summed E-state index contributed by atoms with van der Waals surface area (Å²) < 4.78 is 10.7. The molecule has 0 radical (unpaired) electrons. The molecule has 1 aliphatic rings. The Morgan fingerprint density at radius 3 is 2.41 bits per heavy atom. The molecule has 1 fully saturated rings. The van der Waals surface area contributed by atoms with E-state index < -0.39 is 0 Å². The summed E-state index contributed by atoms with van der Waals surface area (Å²) in [5.74, 6) is 1.38. The summed E-state index contributed by atoms with van der Waals surface area (Å²) in [6.45, 7) is 5.49. The molecule has 2 aromatic carbocycles. The Hall–Kier alpha value is -2.73. The number of halogens is 1. The van der Waals surface area contributed by atoms with Gasteiger partial charge in [-0.2, -0.15) is 4.98 Å². The summed E-state index contributed by atoms with van der Waals surface area (Å²) in [7, 11) is 1.64. The summed E-state index contributed by atoms with van der Waals surface area (Å²) in [5, 5.41) is 4.88. The summed E-state index contributed by atoms with van der Waals surface area (Å²) in [6, 6.07) is 14.2. The third kappa shape index (κ3) is 3.71. The van der Waals surface area contributed by atoms with E-state index in [1.807, 2.05) is 36.4 Å². The van der Waals surface area contributed by atoms with Gasteiger partial charge in [-0.3, -0.25) is 0 Å². The van der Waals surface area contributed by atoms with Gasteiger partial charge in [0.2, 0.25) is 5.82 Å². The fraction of sp³-hybridized carbons (Fsp3) is 0.300. The molecular weight excluding hydrogens is 364 g/mol. The number of aromatic nitrogens is 2. The van der Waals surface area contributed by atoms with Gasteiger partial charge in [-0.1, -0.05) is 22.8 Å². The molecule has 27 heavy (non-hydrogen) atoms. The molecule has 0 N–H and O–H groups in total. The number of anilines is 2. The number of aryl methyl sites for hydroxylation is 1. The van der Waals surface area contributed by atoms with E-state index in [-0.39, 0.29) is 0 Å². The highest BCUT2D eigenvalue weighted by atomic mass is 35.5. The van der Waals surface area contributed by atoms with Crippen molar-refractivity contribution in [2.24, 2.45) is 0 Å². The molecule has 3 aromatic rings. The smallest absolute Gasteiger partial charge is 0.324 e. The molecule has 7 heteroatoms. The van der Waals surface area contributed by atoms with Crippen molar-refractivity contribution < 1.29 is 9.26 Å². The maximum atomic E-state index is 6.16. The third-order valence-corrected chi connectivity index (χ3v) is 5.06. The Morgan fingerprint density at radius 1 is 1.00 bits per heavy atom. The van der Waals surface area contributed by atoms with Crippen LogP contribution < -0.4 is 14.5 Å². The monoisotopic (exact) mass is 384 g/mol. The van der Waals surface area contributed by atoms with Gasteiger partial charge in [-0.25, -0.2) is 0 Å². The number of rotatable bonds is 4. The molecular formula is C20H21ClN4O2. The molecule has 140 valence electrons. The Labute approximate surface area is 163 Å². The molecule has 0 saturated carbocycles. The van der Waals surface area contributed by atoms with Gasteiger partial charge < -0.3 is 19.1 Å².